The van der Waals surface area contributed by atoms with Crippen LogP contribution in [0.4, 0.5) is 4.39 Å². The van der Waals surface area contributed by atoms with E-state index < -0.39 is 17.8 Å². The van der Waals surface area contributed by atoms with Crippen LogP contribution in [0.5, 0.6) is 0 Å². The molecule has 0 spiro atoms. The number of nitrogens with zero attached hydrogens (tertiary/aromatic N) is 2. The summed E-state index contributed by atoms with van der Waals surface area (Å²) in [5.74, 6) is -2.22. The maximum absolute atomic E-state index is 12.9. The first-order valence-corrected chi connectivity index (χ1v) is 6.76. The van der Waals surface area contributed by atoms with Crippen molar-refractivity contribution in [1.82, 2.24) is 5.16 Å². The molecule has 0 bridgehead atoms. The predicted octanol–water partition coefficient (Wildman–Crippen LogP) is 2.31. The molecule has 23 heavy (non-hydrogen) atoms. The first-order valence-electron chi connectivity index (χ1n) is 6.76. The molecule has 0 radical (unpaired) electrons. The van der Waals surface area contributed by atoms with E-state index in [0.717, 1.165) is 0 Å². The Kier molecular flexibility index (Phi) is 4.09. The number of amides is 1. The molecule has 0 fully saturated rings. The van der Waals surface area contributed by atoms with Crippen molar-refractivity contribution in [3.63, 3.8) is 0 Å². The number of allylic oxidation sites excluding steroid dienone is 1. The van der Waals surface area contributed by atoms with E-state index >= 15 is 0 Å². The topological polar surface area (TPSA) is 81.8 Å². The summed E-state index contributed by atoms with van der Waals surface area (Å²) in [6.45, 7) is -0.134. The van der Waals surface area contributed by atoms with Gasteiger partial charge in [0.2, 0.25) is 0 Å². The first kappa shape index (κ1) is 14.8. The highest BCUT2D eigenvalue weighted by Crippen LogP contribution is 2.21. The third-order valence-electron chi connectivity index (χ3n) is 3.16. The normalized spacial score (nSPS) is 16.6. The van der Waals surface area contributed by atoms with E-state index in [-0.39, 0.29) is 12.4 Å². The molecule has 0 N–H and O–H groups in total. The largest absolute Gasteiger partial charge is 0.458 e. The second-order valence-electron chi connectivity index (χ2n) is 4.78. The van der Waals surface area contributed by atoms with Gasteiger partial charge in [-0.3, -0.25) is 9.59 Å². The van der Waals surface area contributed by atoms with E-state index in [1.807, 2.05) is 0 Å². The lowest BCUT2D eigenvalue weighted by atomic mass is 10.1. The number of ether oxygens (including phenoxy) is 1. The lowest BCUT2D eigenvalue weighted by Crippen LogP contribution is -2.24. The van der Waals surface area contributed by atoms with Gasteiger partial charge >= 0.3 is 5.97 Å². The summed E-state index contributed by atoms with van der Waals surface area (Å²) in [5, 5.41) is 3.77. The van der Waals surface area contributed by atoms with Gasteiger partial charge in [0, 0.05) is 17.8 Å². The van der Waals surface area contributed by atoms with Crippen molar-refractivity contribution in [3.8, 4) is 11.3 Å². The average molecular weight is 314 g/mol. The van der Waals surface area contributed by atoms with Gasteiger partial charge in [0.1, 0.15) is 18.1 Å². The Morgan fingerprint density at radius 2 is 2.09 bits per heavy atom. The molecule has 1 aliphatic rings. The Morgan fingerprint density at radius 1 is 1.30 bits per heavy atom. The summed E-state index contributed by atoms with van der Waals surface area (Å²) in [4.78, 5) is 26.8. The summed E-state index contributed by atoms with van der Waals surface area (Å²) in [6, 6.07) is 7.29. The third kappa shape index (κ3) is 3.39. The highest BCUT2D eigenvalue weighted by molar-refractivity contribution is 6.05. The number of carbonyl (C=O) groups is 2. The van der Waals surface area contributed by atoms with Crippen LogP contribution in [-0.2, 0) is 20.9 Å². The fraction of sp³-hybridized carbons (Fsp3) is 0.125. The van der Waals surface area contributed by atoms with E-state index in [2.05, 4.69) is 10.1 Å². The van der Waals surface area contributed by atoms with Gasteiger partial charge in [0.15, 0.2) is 11.7 Å². The first-order chi connectivity index (χ1) is 11.1. The number of carbonyl (C=O) groups excluding carboxylic acids is 2. The minimum Gasteiger partial charge on any atom is -0.458 e. The van der Waals surface area contributed by atoms with Gasteiger partial charge in [0.05, 0.1) is 0 Å². The zero-order chi connectivity index (χ0) is 16.2. The van der Waals surface area contributed by atoms with Crippen molar-refractivity contribution in [2.24, 2.45) is 10.9 Å². The molecule has 2 aromatic rings. The van der Waals surface area contributed by atoms with Crippen molar-refractivity contribution in [2.45, 2.75) is 6.61 Å². The maximum atomic E-state index is 12.9. The molecule has 7 heteroatoms. The molecule has 1 atom stereocenters. The molecular formula is C16H11FN2O4. The zero-order valence-electron chi connectivity index (χ0n) is 11.8. The van der Waals surface area contributed by atoms with E-state index in [1.165, 1.54) is 30.5 Å². The number of esters is 1. The monoisotopic (exact) mass is 314 g/mol. The Balaban J connectivity index is 1.62. The highest BCUT2D eigenvalue weighted by atomic mass is 19.1. The molecule has 1 unspecified atom stereocenters. The minimum absolute atomic E-state index is 0.134. The lowest BCUT2D eigenvalue weighted by Gasteiger charge is -2.09. The molecule has 1 aromatic carbocycles. The standard InChI is InChI=1S/C16H11FN2O4/c17-11-5-3-10(4-6-11)14-8-12(19-23-14)9-22-16(21)13-2-1-7-18-15(13)20/h1-8,13H,9H2. The van der Waals surface area contributed by atoms with Crippen LogP contribution in [0.1, 0.15) is 5.69 Å². The Bertz CT molecular complexity index is 793. The molecule has 1 aliphatic heterocycles. The van der Waals surface area contributed by atoms with E-state index in [4.69, 9.17) is 9.26 Å². The molecule has 2 heterocycles. The second-order valence-corrected chi connectivity index (χ2v) is 4.78. The lowest BCUT2D eigenvalue weighted by molar-refractivity contribution is -0.151. The van der Waals surface area contributed by atoms with Crippen molar-refractivity contribution < 1.29 is 23.2 Å². The molecule has 1 aromatic heterocycles. The average Bonchev–Trinajstić information content (AvgIpc) is 3.03. The van der Waals surface area contributed by atoms with E-state index in [1.54, 1.807) is 18.2 Å². The van der Waals surface area contributed by atoms with Crippen molar-refractivity contribution >= 4 is 18.1 Å². The number of halogens is 1. The number of hydrogen-bond acceptors (Lipinski definition) is 5. The van der Waals surface area contributed by atoms with Crippen LogP contribution in [0.3, 0.4) is 0 Å². The SMILES string of the molecule is O=C1N=CC=CC1C(=O)OCc1cc(-c2ccc(F)cc2)on1. The van der Waals surface area contributed by atoms with Crippen LogP contribution < -0.4 is 0 Å². The van der Waals surface area contributed by atoms with E-state index in [0.29, 0.717) is 17.0 Å². The van der Waals surface area contributed by atoms with Crippen LogP contribution >= 0.6 is 0 Å². The van der Waals surface area contributed by atoms with Gasteiger partial charge in [0.25, 0.3) is 5.91 Å². The van der Waals surface area contributed by atoms with Crippen LogP contribution in [0.15, 0.2) is 52.0 Å². The summed E-state index contributed by atoms with van der Waals surface area (Å²) in [5.41, 5.74) is 1.03. The number of benzene rings is 1. The Morgan fingerprint density at radius 3 is 2.83 bits per heavy atom. The van der Waals surface area contributed by atoms with Crippen LogP contribution in [0.25, 0.3) is 11.3 Å². The highest BCUT2D eigenvalue weighted by Gasteiger charge is 2.26. The van der Waals surface area contributed by atoms with E-state index in [9.17, 15) is 14.0 Å². The smallest absolute Gasteiger partial charge is 0.322 e. The van der Waals surface area contributed by atoms with Crippen molar-refractivity contribution in [2.75, 3.05) is 0 Å². The Labute approximate surface area is 130 Å². The molecule has 0 saturated heterocycles. The fourth-order valence-corrected chi connectivity index (χ4v) is 1.98. The molecular weight excluding hydrogens is 303 g/mol. The van der Waals surface area contributed by atoms with Crippen LogP contribution in [-0.4, -0.2) is 23.2 Å². The van der Waals surface area contributed by atoms with Crippen LogP contribution in [0.2, 0.25) is 0 Å². The van der Waals surface area contributed by atoms with Crippen molar-refractivity contribution in [3.05, 3.63) is 54.0 Å². The zero-order valence-corrected chi connectivity index (χ0v) is 11.8. The van der Waals surface area contributed by atoms with Gasteiger partial charge in [-0.1, -0.05) is 11.2 Å². The minimum atomic E-state index is -1.02. The summed E-state index contributed by atoms with van der Waals surface area (Å²) in [6.07, 6.45) is 4.25. The van der Waals surface area contributed by atoms with Gasteiger partial charge in [-0.2, -0.15) is 0 Å². The number of rotatable bonds is 4. The van der Waals surface area contributed by atoms with Gasteiger partial charge in [-0.25, -0.2) is 9.38 Å². The number of hydrogen-bond donors (Lipinski definition) is 0. The number of aromatic nitrogens is 1. The molecule has 0 saturated carbocycles. The molecule has 0 aliphatic carbocycles. The molecule has 116 valence electrons. The second kappa shape index (κ2) is 6.35. The number of dihydropyridines is 1. The third-order valence-corrected chi connectivity index (χ3v) is 3.16. The molecule has 3 rings (SSSR count). The summed E-state index contributed by atoms with van der Waals surface area (Å²) < 4.78 is 23.0. The summed E-state index contributed by atoms with van der Waals surface area (Å²) in [7, 11) is 0. The van der Waals surface area contributed by atoms with Crippen LogP contribution in [0, 0.1) is 11.7 Å². The van der Waals surface area contributed by atoms with Gasteiger partial charge in [-0.05, 0) is 30.3 Å². The molecule has 6 nitrogen and oxygen atoms in total. The Hall–Kier alpha value is -3.09. The predicted molar refractivity (Wildman–Crippen MR) is 77.8 cm³/mol. The maximum Gasteiger partial charge on any atom is 0.322 e. The quantitative estimate of drug-likeness (QED) is 0.639. The van der Waals surface area contributed by atoms with Gasteiger partial charge < -0.3 is 9.26 Å². The van der Waals surface area contributed by atoms with Crippen molar-refractivity contribution in [1.29, 1.82) is 0 Å². The molecule has 1 amide bonds. The summed E-state index contributed by atoms with van der Waals surface area (Å²) >= 11 is 0. The number of aliphatic imine (C=N–C) groups is 1. The fourth-order valence-electron chi connectivity index (χ4n) is 1.98. The van der Waals surface area contributed by atoms with Gasteiger partial charge in [-0.15, -0.1) is 0 Å².